The predicted octanol–water partition coefficient (Wildman–Crippen LogP) is 1.71. The molecular weight excluding hydrogens is 203 g/mol. The molecule has 4 heteroatoms. The standard InChI is InChI=1S/C10H12ClFN2/c11-8-3-7(4-9(12)5-8)10-6-13-1-2-14-10/h3-5,10,13-14H,1-2,6H2/t10-/m0/s1. The van der Waals surface area contributed by atoms with E-state index < -0.39 is 0 Å². The van der Waals surface area contributed by atoms with Crippen LogP contribution in [0.2, 0.25) is 5.02 Å². The van der Waals surface area contributed by atoms with Crippen LogP contribution in [0.5, 0.6) is 0 Å². The van der Waals surface area contributed by atoms with Crippen molar-refractivity contribution in [3.05, 3.63) is 34.6 Å². The molecule has 0 unspecified atom stereocenters. The molecule has 1 atom stereocenters. The fourth-order valence-electron chi connectivity index (χ4n) is 1.67. The summed E-state index contributed by atoms with van der Waals surface area (Å²) in [4.78, 5) is 0. The normalized spacial score (nSPS) is 22.3. The Kier molecular flexibility index (Phi) is 3.01. The average molecular weight is 215 g/mol. The van der Waals surface area contributed by atoms with Crippen molar-refractivity contribution in [3.8, 4) is 0 Å². The molecule has 1 aromatic carbocycles. The van der Waals surface area contributed by atoms with Crippen LogP contribution < -0.4 is 10.6 Å². The molecular formula is C10H12ClFN2. The van der Waals surface area contributed by atoms with Crippen molar-refractivity contribution in [1.82, 2.24) is 10.6 Å². The molecule has 1 aromatic rings. The number of nitrogens with one attached hydrogen (secondary N) is 2. The smallest absolute Gasteiger partial charge is 0.125 e. The Morgan fingerprint density at radius 2 is 2.14 bits per heavy atom. The zero-order valence-corrected chi connectivity index (χ0v) is 8.44. The number of piperazine rings is 1. The van der Waals surface area contributed by atoms with E-state index >= 15 is 0 Å². The van der Waals surface area contributed by atoms with Crippen molar-refractivity contribution in [2.24, 2.45) is 0 Å². The van der Waals surface area contributed by atoms with Crippen molar-refractivity contribution in [2.75, 3.05) is 19.6 Å². The van der Waals surface area contributed by atoms with Crippen LogP contribution in [0, 0.1) is 5.82 Å². The van der Waals surface area contributed by atoms with E-state index in [-0.39, 0.29) is 11.9 Å². The summed E-state index contributed by atoms with van der Waals surface area (Å²) in [7, 11) is 0. The molecule has 0 radical (unpaired) electrons. The quantitative estimate of drug-likeness (QED) is 0.744. The van der Waals surface area contributed by atoms with Gasteiger partial charge in [-0.1, -0.05) is 11.6 Å². The lowest BCUT2D eigenvalue weighted by atomic mass is 10.1. The molecule has 1 saturated heterocycles. The maximum Gasteiger partial charge on any atom is 0.125 e. The zero-order chi connectivity index (χ0) is 9.97. The number of rotatable bonds is 1. The molecule has 0 bridgehead atoms. The second-order valence-electron chi connectivity index (χ2n) is 3.41. The second-order valence-corrected chi connectivity index (χ2v) is 3.85. The summed E-state index contributed by atoms with van der Waals surface area (Å²) in [6, 6.07) is 4.81. The maximum absolute atomic E-state index is 13.1. The highest BCUT2D eigenvalue weighted by atomic mass is 35.5. The van der Waals surface area contributed by atoms with E-state index in [2.05, 4.69) is 10.6 Å². The first-order chi connectivity index (χ1) is 6.75. The average Bonchev–Trinajstić information content (AvgIpc) is 2.18. The molecule has 0 aromatic heterocycles. The Labute approximate surface area is 87.5 Å². The Morgan fingerprint density at radius 1 is 1.29 bits per heavy atom. The summed E-state index contributed by atoms with van der Waals surface area (Å²) in [5, 5.41) is 7.00. The lowest BCUT2D eigenvalue weighted by molar-refractivity contribution is 0.428. The molecule has 1 heterocycles. The van der Waals surface area contributed by atoms with E-state index in [1.807, 2.05) is 0 Å². The second kappa shape index (κ2) is 4.26. The van der Waals surface area contributed by atoms with Crippen LogP contribution in [0.25, 0.3) is 0 Å². The SMILES string of the molecule is Fc1cc(Cl)cc([C@@H]2CNCCN2)c1. The van der Waals surface area contributed by atoms with E-state index in [1.54, 1.807) is 6.07 Å². The Balaban J connectivity index is 2.21. The van der Waals surface area contributed by atoms with Gasteiger partial charge in [0.25, 0.3) is 0 Å². The summed E-state index contributed by atoms with van der Waals surface area (Å²) >= 11 is 5.78. The van der Waals surface area contributed by atoms with Gasteiger partial charge >= 0.3 is 0 Å². The number of benzene rings is 1. The molecule has 2 nitrogen and oxygen atoms in total. The lowest BCUT2D eigenvalue weighted by Crippen LogP contribution is -2.42. The van der Waals surface area contributed by atoms with E-state index in [0.717, 1.165) is 25.2 Å². The lowest BCUT2D eigenvalue weighted by Gasteiger charge is -2.24. The van der Waals surface area contributed by atoms with Crippen molar-refractivity contribution < 1.29 is 4.39 Å². The Bertz CT molecular complexity index is 304. The van der Waals surface area contributed by atoms with Gasteiger partial charge in [0.2, 0.25) is 0 Å². The third-order valence-corrected chi connectivity index (χ3v) is 2.55. The summed E-state index contributed by atoms with van der Waals surface area (Å²) in [6.45, 7) is 2.68. The zero-order valence-electron chi connectivity index (χ0n) is 7.69. The summed E-state index contributed by atoms with van der Waals surface area (Å²) in [5.41, 5.74) is 0.905. The maximum atomic E-state index is 13.1. The van der Waals surface area contributed by atoms with E-state index in [0.29, 0.717) is 5.02 Å². The molecule has 76 valence electrons. The minimum atomic E-state index is -0.278. The van der Waals surface area contributed by atoms with Crippen molar-refractivity contribution in [2.45, 2.75) is 6.04 Å². The van der Waals surface area contributed by atoms with Crippen LogP contribution in [0.1, 0.15) is 11.6 Å². The van der Waals surface area contributed by atoms with E-state index in [9.17, 15) is 4.39 Å². The first-order valence-electron chi connectivity index (χ1n) is 4.66. The first-order valence-corrected chi connectivity index (χ1v) is 5.03. The molecule has 0 spiro atoms. The van der Waals surface area contributed by atoms with E-state index in [4.69, 9.17) is 11.6 Å². The molecule has 0 saturated carbocycles. The molecule has 0 amide bonds. The van der Waals surface area contributed by atoms with Crippen LogP contribution in [0.3, 0.4) is 0 Å². The third-order valence-electron chi connectivity index (χ3n) is 2.33. The van der Waals surface area contributed by atoms with Gasteiger partial charge < -0.3 is 10.6 Å². The van der Waals surface area contributed by atoms with Crippen LogP contribution in [-0.4, -0.2) is 19.6 Å². The first kappa shape index (κ1) is 9.90. The minimum absolute atomic E-state index is 0.164. The van der Waals surface area contributed by atoms with Gasteiger partial charge in [-0.15, -0.1) is 0 Å². The van der Waals surface area contributed by atoms with Gasteiger partial charge in [-0.25, -0.2) is 4.39 Å². The van der Waals surface area contributed by atoms with Gasteiger partial charge in [0.05, 0.1) is 0 Å². The van der Waals surface area contributed by atoms with Gasteiger partial charge in [-0.05, 0) is 23.8 Å². The Hall–Kier alpha value is -0.640. The Morgan fingerprint density at radius 3 is 2.79 bits per heavy atom. The number of hydrogen-bond donors (Lipinski definition) is 2. The summed E-state index contributed by atoms with van der Waals surface area (Å²) in [6.07, 6.45) is 0. The molecule has 2 N–H and O–H groups in total. The topological polar surface area (TPSA) is 24.1 Å². The van der Waals surface area contributed by atoms with Crippen LogP contribution in [0.4, 0.5) is 4.39 Å². The highest BCUT2D eigenvalue weighted by Crippen LogP contribution is 2.20. The summed E-state index contributed by atoms with van der Waals surface area (Å²) < 4.78 is 13.1. The molecule has 1 fully saturated rings. The third kappa shape index (κ3) is 2.23. The number of halogens is 2. The summed E-state index contributed by atoms with van der Waals surface area (Å²) in [5.74, 6) is -0.278. The van der Waals surface area contributed by atoms with Gasteiger partial charge in [-0.2, -0.15) is 0 Å². The van der Waals surface area contributed by atoms with Crippen molar-refractivity contribution in [3.63, 3.8) is 0 Å². The molecule has 1 aliphatic rings. The van der Waals surface area contributed by atoms with Crippen molar-refractivity contribution in [1.29, 1.82) is 0 Å². The molecule has 14 heavy (non-hydrogen) atoms. The van der Waals surface area contributed by atoms with Crippen LogP contribution >= 0.6 is 11.6 Å². The highest BCUT2D eigenvalue weighted by molar-refractivity contribution is 6.30. The van der Waals surface area contributed by atoms with Crippen molar-refractivity contribution >= 4 is 11.6 Å². The molecule has 0 aliphatic carbocycles. The number of hydrogen-bond acceptors (Lipinski definition) is 2. The van der Waals surface area contributed by atoms with Crippen LogP contribution in [0.15, 0.2) is 18.2 Å². The molecule has 1 aliphatic heterocycles. The fraction of sp³-hybridized carbons (Fsp3) is 0.400. The van der Waals surface area contributed by atoms with Gasteiger partial charge in [0, 0.05) is 30.7 Å². The monoisotopic (exact) mass is 214 g/mol. The molecule has 2 rings (SSSR count). The predicted molar refractivity (Wildman–Crippen MR) is 55.0 cm³/mol. The van der Waals surface area contributed by atoms with Gasteiger partial charge in [-0.3, -0.25) is 0 Å². The largest absolute Gasteiger partial charge is 0.314 e. The minimum Gasteiger partial charge on any atom is -0.314 e. The fourth-order valence-corrected chi connectivity index (χ4v) is 1.90. The highest BCUT2D eigenvalue weighted by Gasteiger charge is 2.15. The van der Waals surface area contributed by atoms with Gasteiger partial charge in [0.15, 0.2) is 0 Å². The van der Waals surface area contributed by atoms with Gasteiger partial charge in [0.1, 0.15) is 5.82 Å². The van der Waals surface area contributed by atoms with E-state index in [1.165, 1.54) is 12.1 Å². The van der Waals surface area contributed by atoms with Crippen LogP contribution in [-0.2, 0) is 0 Å².